The van der Waals surface area contributed by atoms with Crippen LogP contribution in [-0.2, 0) is 9.59 Å². The molecule has 0 unspecified atom stereocenters. The average molecular weight is 410 g/mol. The van der Waals surface area contributed by atoms with Crippen LogP contribution < -0.4 is 10.6 Å². The molecular weight excluding hydrogens is 397 g/mol. The Bertz CT molecular complexity index is 947. The van der Waals surface area contributed by atoms with Crippen LogP contribution in [0.3, 0.4) is 0 Å². The second-order valence-electron chi connectivity index (χ2n) is 5.23. The molecule has 0 atom stereocenters. The van der Waals surface area contributed by atoms with Gasteiger partial charge < -0.3 is 10.6 Å². The second-order valence-corrected chi connectivity index (χ2v) is 7.68. The lowest BCUT2D eigenvalue weighted by Gasteiger charge is -2.05. The number of halogens is 2. The number of nitrogens with one attached hydrogen (secondary N) is 2. The quantitative estimate of drug-likeness (QED) is 0.633. The van der Waals surface area contributed by atoms with Crippen LogP contribution in [0.15, 0.2) is 42.5 Å². The van der Waals surface area contributed by atoms with Crippen LogP contribution in [0.5, 0.6) is 0 Å². The maximum atomic E-state index is 12.8. The van der Waals surface area contributed by atoms with Gasteiger partial charge in [-0.3, -0.25) is 9.59 Å². The first-order valence-electron chi connectivity index (χ1n) is 7.49. The zero-order chi connectivity index (χ0) is 18.5. The molecule has 1 aromatic heterocycles. The summed E-state index contributed by atoms with van der Waals surface area (Å²) >= 11 is 8.44. The first-order valence-corrected chi connectivity index (χ1v) is 9.83. The molecule has 26 heavy (non-hydrogen) atoms. The van der Waals surface area contributed by atoms with E-state index in [-0.39, 0.29) is 29.1 Å². The maximum absolute atomic E-state index is 12.8. The van der Waals surface area contributed by atoms with Crippen LogP contribution in [0.4, 0.5) is 15.2 Å². The fraction of sp³-hybridized carbons (Fsp3) is 0.118. The fourth-order valence-corrected chi connectivity index (χ4v) is 3.85. The van der Waals surface area contributed by atoms with Crippen LogP contribution in [0, 0.1) is 5.82 Å². The third-order valence-corrected chi connectivity index (χ3v) is 5.29. The van der Waals surface area contributed by atoms with Crippen LogP contribution in [0.25, 0.3) is 10.2 Å². The van der Waals surface area contributed by atoms with Crippen molar-refractivity contribution in [3.8, 4) is 0 Å². The summed E-state index contributed by atoms with van der Waals surface area (Å²) in [4.78, 5) is 28.1. The van der Waals surface area contributed by atoms with Gasteiger partial charge in [0.25, 0.3) is 0 Å². The van der Waals surface area contributed by atoms with E-state index in [2.05, 4.69) is 15.6 Å². The molecule has 3 rings (SSSR count). The van der Waals surface area contributed by atoms with Gasteiger partial charge in [-0.1, -0.05) is 22.9 Å². The van der Waals surface area contributed by atoms with Crippen LogP contribution in [0.2, 0.25) is 5.02 Å². The smallest absolute Gasteiger partial charge is 0.236 e. The number of rotatable bonds is 6. The number of carbonyl (C=O) groups is 2. The Labute approximate surface area is 162 Å². The molecule has 2 amide bonds. The largest absolute Gasteiger partial charge is 0.325 e. The Morgan fingerprint density at radius 1 is 1.08 bits per heavy atom. The highest BCUT2D eigenvalue weighted by Crippen LogP contribution is 2.28. The fourth-order valence-electron chi connectivity index (χ4n) is 2.07. The molecule has 0 aliphatic rings. The van der Waals surface area contributed by atoms with Crippen molar-refractivity contribution in [3.05, 3.63) is 53.3 Å². The van der Waals surface area contributed by atoms with Crippen molar-refractivity contribution in [1.29, 1.82) is 0 Å². The maximum Gasteiger partial charge on any atom is 0.236 e. The Hall–Kier alpha value is -2.16. The van der Waals surface area contributed by atoms with E-state index < -0.39 is 0 Å². The molecule has 134 valence electrons. The summed E-state index contributed by atoms with van der Waals surface area (Å²) in [7, 11) is 0. The number of hydrogen-bond acceptors (Lipinski definition) is 5. The van der Waals surface area contributed by atoms with Crippen LogP contribution in [0.1, 0.15) is 0 Å². The second kappa shape index (κ2) is 8.48. The van der Waals surface area contributed by atoms with Gasteiger partial charge in [-0.15, -0.1) is 11.8 Å². The molecule has 2 aromatic carbocycles. The predicted octanol–water partition coefficient (Wildman–Crippen LogP) is 4.40. The third kappa shape index (κ3) is 5.17. The molecule has 0 spiro atoms. The number of benzene rings is 2. The van der Waals surface area contributed by atoms with Gasteiger partial charge in [-0.2, -0.15) is 0 Å². The summed E-state index contributed by atoms with van der Waals surface area (Å²) in [5, 5.41) is 6.45. The zero-order valence-corrected chi connectivity index (χ0v) is 15.7. The van der Waals surface area contributed by atoms with Crippen molar-refractivity contribution in [2.24, 2.45) is 0 Å². The number of hydrogen-bond donors (Lipinski definition) is 2. The Morgan fingerprint density at radius 3 is 2.50 bits per heavy atom. The molecule has 1 heterocycles. The molecule has 9 heteroatoms. The highest BCUT2D eigenvalue weighted by atomic mass is 35.5. The van der Waals surface area contributed by atoms with E-state index in [4.69, 9.17) is 11.6 Å². The van der Waals surface area contributed by atoms with Gasteiger partial charge in [0.05, 0.1) is 21.7 Å². The first-order chi connectivity index (χ1) is 12.5. The van der Waals surface area contributed by atoms with Crippen molar-refractivity contribution < 1.29 is 14.0 Å². The van der Waals surface area contributed by atoms with E-state index in [1.165, 1.54) is 47.4 Å². The molecule has 0 bridgehead atoms. The van der Waals surface area contributed by atoms with Gasteiger partial charge >= 0.3 is 0 Å². The van der Waals surface area contributed by atoms with Crippen molar-refractivity contribution in [3.63, 3.8) is 0 Å². The molecule has 0 fully saturated rings. The van der Waals surface area contributed by atoms with E-state index in [1.54, 1.807) is 18.2 Å². The van der Waals surface area contributed by atoms with E-state index in [9.17, 15) is 14.0 Å². The molecule has 0 saturated heterocycles. The van der Waals surface area contributed by atoms with Crippen LogP contribution >= 0.6 is 34.7 Å². The molecule has 0 aliphatic heterocycles. The SMILES string of the molecule is O=C(CSCC(=O)Nc1nc2ccc(Cl)cc2s1)Nc1ccc(F)cc1. The topological polar surface area (TPSA) is 71.1 Å². The van der Waals surface area contributed by atoms with Gasteiger partial charge in [0, 0.05) is 10.7 Å². The molecule has 0 radical (unpaired) electrons. The molecular formula is C17H13ClFN3O2S2. The van der Waals surface area contributed by atoms with E-state index in [0.717, 1.165) is 10.2 Å². The van der Waals surface area contributed by atoms with Crippen molar-refractivity contribution in [2.45, 2.75) is 0 Å². The Balaban J connectivity index is 1.44. The first kappa shape index (κ1) is 18.6. The number of amides is 2. The summed E-state index contributed by atoms with van der Waals surface area (Å²) in [6, 6.07) is 10.8. The van der Waals surface area contributed by atoms with Gasteiger partial charge in [0.15, 0.2) is 5.13 Å². The number of thioether (sulfide) groups is 1. The summed E-state index contributed by atoms with van der Waals surface area (Å²) in [6.07, 6.45) is 0. The number of thiazole rings is 1. The number of nitrogens with zero attached hydrogens (tertiary/aromatic N) is 1. The highest BCUT2D eigenvalue weighted by Gasteiger charge is 2.10. The standard InChI is InChI=1S/C17H13ClFN3O2S2/c18-10-1-6-13-14(7-10)26-17(21-13)22-16(24)9-25-8-15(23)20-12-4-2-11(19)3-5-12/h1-7H,8-9H2,(H,20,23)(H,21,22,24). The van der Waals surface area contributed by atoms with E-state index >= 15 is 0 Å². The lowest BCUT2D eigenvalue weighted by atomic mass is 10.3. The molecule has 0 saturated carbocycles. The summed E-state index contributed by atoms with van der Waals surface area (Å²) < 4.78 is 13.7. The van der Waals surface area contributed by atoms with E-state index in [0.29, 0.717) is 15.8 Å². The van der Waals surface area contributed by atoms with Gasteiger partial charge in [0.1, 0.15) is 5.82 Å². The Morgan fingerprint density at radius 2 is 1.77 bits per heavy atom. The lowest BCUT2D eigenvalue weighted by molar-refractivity contribution is -0.114. The minimum Gasteiger partial charge on any atom is -0.325 e. The third-order valence-electron chi connectivity index (χ3n) is 3.19. The Kier molecular flexibility index (Phi) is 6.08. The van der Waals surface area contributed by atoms with Crippen molar-refractivity contribution in [2.75, 3.05) is 22.1 Å². The van der Waals surface area contributed by atoms with Crippen LogP contribution in [-0.4, -0.2) is 28.3 Å². The number of fused-ring (bicyclic) bond motifs is 1. The summed E-state index contributed by atoms with van der Waals surface area (Å²) in [5.74, 6) is -0.641. The minimum atomic E-state index is -0.369. The van der Waals surface area contributed by atoms with Gasteiger partial charge in [-0.25, -0.2) is 9.37 Å². The summed E-state index contributed by atoms with van der Waals surface area (Å²) in [5.41, 5.74) is 1.27. The average Bonchev–Trinajstić information content (AvgIpc) is 2.98. The predicted molar refractivity (Wildman–Crippen MR) is 106 cm³/mol. The van der Waals surface area contributed by atoms with Gasteiger partial charge in [0.2, 0.25) is 11.8 Å². The lowest BCUT2D eigenvalue weighted by Crippen LogP contribution is -2.18. The number of anilines is 2. The molecule has 3 aromatic rings. The number of aromatic nitrogens is 1. The normalized spacial score (nSPS) is 10.7. The highest BCUT2D eigenvalue weighted by molar-refractivity contribution is 8.00. The molecule has 0 aliphatic carbocycles. The zero-order valence-electron chi connectivity index (χ0n) is 13.3. The van der Waals surface area contributed by atoms with E-state index in [1.807, 2.05) is 0 Å². The van der Waals surface area contributed by atoms with Crippen molar-refractivity contribution >= 4 is 67.5 Å². The van der Waals surface area contributed by atoms with Gasteiger partial charge in [-0.05, 0) is 42.5 Å². The van der Waals surface area contributed by atoms with Crippen molar-refractivity contribution in [1.82, 2.24) is 4.98 Å². The monoisotopic (exact) mass is 409 g/mol. The summed E-state index contributed by atoms with van der Waals surface area (Å²) in [6.45, 7) is 0. The molecule has 5 nitrogen and oxygen atoms in total. The molecule has 2 N–H and O–H groups in total. The minimum absolute atomic E-state index is 0.111. The number of carbonyl (C=O) groups excluding carboxylic acids is 2.